The van der Waals surface area contributed by atoms with Gasteiger partial charge in [0.15, 0.2) is 0 Å². The van der Waals surface area contributed by atoms with Crippen molar-refractivity contribution >= 4 is 23.4 Å². The minimum Gasteiger partial charge on any atom is -0.378 e. The van der Waals surface area contributed by atoms with Gasteiger partial charge in [-0.3, -0.25) is 4.79 Å². The zero-order valence-electron chi connectivity index (χ0n) is 17.4. The molecule has 1 fully saturated rings. The molecule has 2 aromatic carbocycles. The molecule has 1 amide bonds. The summed E-state index contributed by atoms with van der Waals surface area (Å²) in [5.74, 6) is 0.112. The van der Waals surface area contributed by atoms with Crippen LogP contribution < -0.4 is 15.1 Å². The third-order valence-electron chi connectivity index (χ3n) is 6.31. The smallest absolute Gasteiger partial charge is 0.223 e. The lowest BCUT2D eigenvalue weighted by molar-refractivity contribution is -0.124. The van der Waals surface area contributed by atoms with Gasteiger partial charge in [0.05, 0.1) is 0 Å². The van der Waals surface area contributed by atoms with E-state index in [0.29, 0.717) is 6.42 Å². The van der Waals surface area contributed by atoms with Gasteiger partial charge in [-0.2, -0.15) is 0 Å². The Hall–Kier alpha value is -2.75. The second-order valence-electron chi connectivity index (χ2n) is 8.68. The van der Waals surface area contributed by atoms with Crippen molar-refractivity contribution in [1.29, 1.82) is 0 Å². The summed E-state index contributed by atoms with van der Waals surface area (Å²) < 4.78 is 0. The summed E-state index contributed by atoms with van der Waals surface area (Å²) >= 11 is 0. The van der Waals surface area contributed by atoms with E-state index >= 15 is 0 Å². The molecule has 1 saturated heterocycles. The number of hydrogen-bond acceptors (Lipinski definition) is 3. The molecule has 0 unspecified atom stereocenters. The van der Waals surface area contributed by atoms with Crippen LogP contribution in [-0.4, -0.2) is 32.2 Å². The van der Waals surface area contributed by atoms with E-state index in [-0.39, 0.29) is 11.3 Å². The van der Waals surface area contributed by atoms with E-state index in [4.69, 9.17) is 0 Å². The fourth-order valence-corrected chi connectivity index (χ4v) is 4.57. The van der Waals surface area contributed by atoms with E-state index in [9.17, 15) is 4.79 Å². The van der Waals surface area contributed by atoms with Gasteiger partial charge >= 0.3 is 0 Å². The third-order valence-corrected chi connectivity index (χ3v) is 6.31. The van der Waals surface area contributed by atoms with Crippen LogP contribution in [-0.2, 0) is 10.2 Å². The SMILES string of the molecule is Cc1ccc2c(c1)C(C)(C)[C@]1(/C=C\c3ccc(N(C)C)cc3)NC(=O)CCN21. The lowest BCUT2D eigenvalue weighted by atomic mass is 9.74. The Morgan fingerprint density at radius 2 is 1.82 bits per heavy atom. The van der Waals surface area contributed by atoms with Crippen LogP contribution >= 0.6 is 0 Å². The maximum atomic E-state index is 12.5. The van der Waals surface area contributed by atoms with E-state index in [1.54, 1.807) is 0 Å². The number of nitrogens with zero attached hydrogens (tertiary/aromatic N) is 2. The molecule has 28 heavy (non-hydrogen) atoms. The minimum atomic E-state index is -0.557. The van der Waals surface area contributed by atoms with Crippen LogP contribution in [0.15, 0.2) is 48.5 Å². The van der Waals surface area contributed by atoms with E-state index in [1.165, 1.54) is 22.5 Å². The zero-order chi connectivity index (χ0) is 20.1. The molecule has 4 heteroatoms. The molecule has 4 nitrogen and oxygen atoms in total. The van der Waals surface area contributed by atoms with Gasteiger partial charge in [0.25, 0.3) is 0 Å². The number of amides is 1. The van der Waals surface area contributed by atoms with E-state index < -0.39 is 5.66 Å². The van der Waals surface area contributed by atoms with Crippen molar-refractivity contribution < 1.29 is 4.79 Å². The Morgan fingerprint density at radius 3 is 2.50 bits per heavy atom. The van der Waals surface area contributed by atoms with Crippen LogP contribution in [0.5, 0.6) is 0 Å². The average Bonchev–Trinajstić information content (AvgIpc) is 2.84. The van der Waals surface area contributed by atoms with Crippen molar-refractivity contribution in [2.75, 3.05) is 30.4 Å². The van der Waals surface area contributed by atoms with Crippen LogP contribution in [0.1, 0.15) is 37.0 Å². The van der Waals surface area contributed by atoms with Crippen molar-refractivity contribution in [2.45, 2.75) is 38.3 Å². The Balaban J connectivity index is 1.78. The maximum absolute atomic E-state index is 12.5. The summed E-state index contributed by atoms with van der Waals surface area (Å²) in [6, 6.07) is 15.1. The number of anilines is 2. The molecule has 2 aliphatic rings. The quantitative estimate of drug-likeness (QED) is 0.878. The molecule has 2 aliphatic heterocycles. The highest BCUT2D eigenvalue weighted by molar-refractivity contribution is 5.84. The summed E-state index contributed by atoms with van der Waals surface area (Å²) in [5, 5.41) is 3.34. The molecular weight excluding hydrogens is 346 g/mol. The van der Waals surface area contributed by atoms with Crippen molar-refractivity contribution in [3.8, 4) is 0 Å². The first kappa shape index (κ1) is 18.6. The maximum Gasteiger partial charge on any atom is 0.223 e. The normalized spacial score (nSPS) is 22.8. The zero-order valence-corrected chi connectivity index (χ0v) is 17.4. The predicted octanol–water partition coefficient (Wildman–Crippen LogP) is 4.09. The summed E-state index contributed by atoms with van der Waals surface area (Å²) in [6.07, 6.45) is 4.85. The first-order chi connectivity index (χ1) is 13.2. The molecule has 0 radical (unpaired) electrons. The van der Waals surface area contributed by atoms with Crippen LogP contribution in [0, 0.1) is 6.92 Å². The molecule has 0 aromatic heterocycles. The van der Waals surface area contributed by atoms with Crippen LogP contribution in [0.25, 0.3) is 6.08 Å². The Labute approximate surface area is 167 Å². The highest BCUT2D eigenvalue weighted by atomic mass is 16.2. The highest BCUT2D eigenvalue weighted by Crippen LogP contribution is 2.52. The van der Waals surface area contributed by atoms with Gasteiger partial charge in [0, 0.05) is 43.9 Å². The number of aryl methyl sites for hydroxylation is 1. The molecule has 0 aliphatic carbocycles. The molecule has 0 spiro atoms. The lowest BCUT2D eigenvalue weighted by Crippen LogP contribution is -2.68. The van der Waals surface area contributed by atoms with E-state index in [1.807, 2.05) is 14.1 Å². The molecule has 4 rings (SSSR count). The number of carbonyl (C=O) groups excluding carboxylic acids is 1. The summed E-state index contributed by atoms with van der Waals surface area (Å²) in [6.45, 7) is 7.32. The molecule has 0 bridgehead atoms. The van der Waals surface area contributed by atoms with Crippen LogP contribution in [0.2, 0.25) is 0 Å². The third kappa shape index (κ3) is 2.70. The number of fused-ring (bicyclic) bond motifs is 3. The van der Waals surface area contributed by atoms with Crippen molar-refractivity contribution in [1.82, 2.24) is 5.32 Å². The van der Waals surface area contributed by atoms with Gasteiger partial charge in [-0.05, 0) is 42.3 Å². The van der Waals surface area contributed by atoms with Gasteiger partial charge in [0.1, 0.15) is 5.66 Å². The summed E-state index contributed by atoms with van der Waals surface area (Å²) in [5.41, 5.74) is 5.26. The monoisotopic (exact) mass is 375 g/mol. The molecule has 1 atom stereocenters. The van der Waals surface area contributed by atoms with Gasteiger partial charge < -0.3 is 15.1 Å². The van der Waals surface area contributed by atoms with Crippen molar-refractivity contribution in [3.05, 3.63) is 65.2 Å². The molecular formula is C24H29N3O. The Bertz CT molecular complexity index is 943. The number of rotatable bonds is 3. The van der Waals surface area contributed by atoms with Gasteiger partial charge in [-0.15, -0.1) is 0 Å². The average molecular weight is 376 g/mol. The van der Waals surface area contributed by atoms with Crippen molar-refractivity contribution in [2.24, 2.45) is 0 Å². The summed E-state index contributed by atoms with van der Waals surface area (Å²) in [4.78, 5) is 16.9. The number of hydrogen-bond donors (Lipinski definition) is 1. The first-order valence-corrected chi connectivity index (χ1v) is 9.91. The predicted molar refractivity (Wildman–Crippen MR) is 117 cm³/mol. The number of carbonyl (C=O) groups is 1. The van der Waals surface area contributed by atoms with Gasteiger partial charge in [-0.1, -0.05) is 49.8 Å². The molecule has 2 heterocycles. The molecule has 0 saturated carbocycles. The van der Waals surface area contributed by atoms with Crippen LogP contribution in [0.3, 0.4) is 0 Å². The highest BCUT2D eigenvalue weighted by Gasteiger charge is 2.57. The molecule has 2 aromatic rings. The second kappa shape index (κ2) is 6.40. The topological polar surface area (TPSA) is 35.6 Å². The fourth-order valence-electron chi connectivity index (χ4n) is 4.57. The Kier molecular flexibility index (Phi) is 4.25. The minimum absolute atomic E-state index is 0.112. The lowest BCUT2D eigenvalue weighted by Gasteiger charge is -2.49. The standard InChI is InChI=1S/C24H29N3O/c1-17-6-11-21-20(16-17)23(2,3)24(25-22(28)13-15-27(21)24)14-12-18-7-9-19(10-8-18)26(4)5/h6-12,14,16H,13,15H2,1-5H3,(H,25,28)/b14-12-/t24-/m1/s1. The van der Waals surface area contributed by atoms with Gasteiger partial charge in [0.2, 0.25) is 5.91 Å². The molecule has 146 valence electrons. The number of benzene rings is 2. The van der Waals surface area contributed by atoms with Crippen molar-refractivity contribution in [3.63, 3.8) is 0 Å². The van der Waals surface area contributed by atoms with Crippen LogP contribution in [0.4, 0.5) is 11.4 Å². The van der Waals surface area contributed by atoms with Gasteiger partial charge in [-0.25, -0.2) is 0 Å². The first-order valence-electron chi connectivity index (χ1n) is 9.91. The van der Waals surface area contributed by atoms with E-state index in [0.717, 1.165) is 12.1 Å². The second-order valence-corrected chi connectivity index (χ2v) is 8.68. The fraction of sp³-hybridized carbons (Fsp3) is 0.375. The number of nitrogens with one attached hydrogen (secondary N) is 1. The Morgan fingerprint density at radius 1 is 1.11 bits per heavy atom. The molecule has 1 N–H and O–H groups in total. The summed E-state index contributed by atoms with van der Waals surface area (Å²) in [7, 11) is 4.08. The largest absolute Gasteiger partial charge is 0.378 e. The van der Waals surface area contributed by atoms with E-state index in [2.05, 4.69) is 90.5 Å².